The van der Waals surface area contributed by atoms with Crippen molar-refractivity contribution in [1.82, 2.24) is 10.1 Å². The average Bonchev–Trinajstić information content (AvgIpc) is 2.70. The number of hydrogen-bond donors (Lipinski definition) is 0. The van der Waals surface area contributed by atoms with Crippen LogP contribution in [0.2, 0.25) is 5.02 Å². The molecule has 5 heteroatoms. The van der Waals surface area contributed by atoms with Crippen molar-refractivity contribution in [2.75, 3.05) is 0 Å². The van der Waals surface area contributed by atoms with Gasteiger partial charge >= 0.3 is 0 Å². The first kappa shape index (κ1) is 9.02. The van der Waals surface area contributed by atoms with Gasteiger partial charge in [0.15, 0.2) is 6.61 Å². The first-order valence-electron chi connectivity index (χ1n) is 3.98. The zero-order chi connectivity index (χ0) is 9.80. The van der Waals surface area contributed by atoms with Crippen LogP contribution >= 0.6 is 11.6 Å². The molecule has 0 radical (unpaired) electrons. The lowest BCUT2D eigenvalue weighted by atomic mass is 10.3. The molecular formula is C9H7ClN2O2. The molecule has 1 heterocycles. The molecule has 0 unspecified atom stereocenters. The smallest absolute Gasteiger partial charge is 0.213 e. The van der Waals surface area contributed by atoms with E-state index in [1.165, 1.54) is 6.39 Å². The van der Waals surface area contributed by atoms with Gasteiger partial charge < -0.3 is 9.26 Å². The summed E-state index contributed by atoms with van der Waals surface area (Å²) in [5, 5.41) is 4.29. The standard InChI is InChI=1S/C9H7ClN2O2/c10-7-1-3-8(4-2-7)13-5-9-11-6-14-12-9/h1-4,6H,5H2. The molecule has 0 amide bonds. The minimum atomic E-state index is 0.290. The molecular weight excluding hydrogens is 204 g/mol. The molecule has 0 aliphatic carbocycles. The maximum Gasteiger partial charge on any atom is 0.213 e. The molecule has 0 aliphatic rings. The van der Waals surface area contributed by atoms with E-state index < -0.39 is 0 Å². The lowest BCUT2D eigenvalue weighted by molar-refractivity contribution is 0.286. The van der Waals surface area contributed by atoms with Crippen molar-refractivity contribution in [3.05, 3.63) is 41.5 Å². The van der Waals surface area contributed by atoms with Crippen LogP contribution in [0.25, 0.3) is 0 Å². The minimum Gasteiger partial charge on any atom is -0.485 e. The highest BCUT2D eigenvalue weighted by Crippen LogP contribution is 2.16. The Morgan fingerprint density at radius 3 is 2.71 bits per heavy atom. The van der Waals surface area contributed by atoms with E-state index in [-0.39, 0.29) is 6.61 Å². The lowest BCUT2D eigenvalue weighted by Crippen LogP contribution is -1.96. The van der Waals surface area contributed by atoms with E-state index in [0.29, 0.717) is 10.8 Å². The first-order valence-corrected chi connectivity index (χ1v) is 4.36. The van der Waals surface area contributed by atoms with Crippen LogP contribution in [0.5, 0.6) is 5.75 Å². The number of halogens is 1. The van der Waals surface area contributed by atoms with Crippen molar-refractivity contribution in [3.63, 3.8) is 0 Å². The first-order chi connectivity index (χ1) is 6.84. The van der Waals surface area contributed by atoms with Gasteiger partial charge in [-0.3, -0.25) is 0 Å². The van der Waals surface area contributed by atoms with E-state index in [4.69, 9.17) is 16.3 Å². The summed E-state index contributed by atoms with van der Waals surface area (Å²) in [6.45, 7) is 0.290. The molecule has 0 saturated carbocycles. The predicted molar refractivity (Wildman–Crippen MR) is 50.1 cm³/mol. The second kappa shape index (κ2) is 4.11. The number of nitrogens with zero attached hydrogens (tertiary/aromatic N) is 2. The number of aromatic nitrogens is 2. The molecule has 2 rings (SSSR count). The summed E-state index contributed by atoms with van der Waals surface area (Å²) in [4.78, 5) is 3.82. The Labute approximate surface area is 85.5 Å². The van der Waals surface area contributed by atoms with Gasteiger partial charge in [-0.2, -0.15) is 4.98 Å². The van der Waals surface area contributed by atoms with E-state index in [9.17, 15) is 0 Å². The van der Waals surface area contributed by atoms with Gasteiger partial charge in [-0.1, -0.05) is 16.8 Å². The van der Waals surface area contributed by atoms with Crippen molar-refractivity contribution in [2.45, 2.75) is 6.61 Å². The Kier molecular flexibility index (Phi) is 2.65. The number of benzene rings is 1. The number of rotatable bonds is 3. The second-order valence-corrected chi connectivity index (χ2v) is 3.03. The zero-order valence-electron chi connectivity index (χ0n) is 7.18. The quantitative estimate of drug-likeness (QED) is 0.780. The largest absolute Gasteiger partial charge is 0.485 e. The van der Waals surface area contributed by atoms with Gasteiger partial charge in [0.25, 0.3) is 0 Å². The lowest BCUT2D eigenvalue weighted by Gasteiger charge is -2.02. The van der Waals surface area contributed by atoms with Gasteiger partial charge in [0.05, 0.1) is 0 Å². The fourth-order valence-electron chi connectivity index (χ4n) is 0.935. The van der Waals surface area contributed by atoms with Crippen LogP contribution in [0.3, 0.4) is 0 Å². The molecule has 0 N–H and O–H groups in total. The Bertz CT molecular complexity index is 386. The summed E-state index contributed by atoms with van der Waals surface area (Å²) in [6.07, 6.45) is 1.26. The monoisotopic (exact) mass is 210 g/mol. The summed E-state index contributed by atoms with van der Waals surface area (Å²) < 4.78 is 9.92. The van der Waals surface area contributed by atoms with E-state index in [2.05, 4.69) is 14.7 Å². The fraction of sp³-hybridized carbons (Fsp3) is 0.111. The summed E-state index contributed by atoms with van der Waals surface area (Å²) in [5.41, 5.74) is 0. The van der Waals surface area contributed by atoms with Crippen molar-refractivity contribution in [3.8, 4) is 5.75 Å². The van der Waals surface area contributed by atoms with Crippen LogP contribution in [0.4, 0.5) is 0 Å². The molecule has 0 aliphatic heterocycles. The summed E-state index contributed by atoms with van der Waals surface area (Å²) >= 11 is 5.72. The molecule has 2 aromatic rings. The highest BCUT2D eigenvalue weighted by atomic mass is 35.5. The predicted octanol–water partition coefficient (Wildman–Crippen LogP) is 2.30. The summed E-state index contributed by atoms with van der Waals surface area (Å²) in [5.74, 6) is 1.24. The van der Waals surface area contributed by atoms with Crippen LogP contribution in [-0.2, 0) is 6.61 Å². The van der Waals surface area contributed by atoms with Crippen molar-refractivity contribution in [2.24, 2.45) is 0 Å². The Hall–Kier alpha value is -1.55. The van der Waals surface area contributed by atoms with Crippen LogP contribution in [0.15, 0.2) is 35.2 Å². The van der Waals surface area contributed by atoms with E-state index >= 15 is 0 Å². The van der Waals surface area contributed by atoms with Crippen LogP contribution in [-0.4, -0.2) is 10.1 Å². The number of ether oxygens (including phenoxy) is 1. The molecule has 0 saturated heterocycles. The molecule has 1 aromatic carbocycles. The highest BCUT2D eigenvalue weighted by molar-refractivity contribution is 6.30. The number of hydrogen-bond acceptors (Lipinski definition) is 4. The van der Waals surface area contributed by atoms with Gasteiger partial charge in [-0.15, -0.1) is 0 Å². The van der Waals surface area contributed by atoms with Gasteiger partial charge in [-0.05, 0) is 24.3 Å². The zero-order valence-corrected chi connectivity index (χ0v) is 7.94. The molecule has 0 spiro atoms. The normalized spacial score (nSPS) is 10.1. The highest BCUT2D eigenvalue weighted by Gasteiger charge is 1.99. The average molecular weight is 211 g/mol. The molecule has 0 fully saturated rings. The molecule has 72 valence electrons. The SMILES string of the molecule is Clc1ccc(OCc2ncon2)cc1. The third-order valence-corrected chi connectivity index (χ3v) is 1.84. The van der Waals surface area contributed by atoms with Crippen LogP contribution in [0.1, 0.15) is 5.82 Å². The van der Waals surface area contributed by atoms with Gasteiger partial charge in [-0.25, -0.2) is 0 Å². The maximum atomic E-state index is 5.72. The second-order valence-electron chi connectivity index (χ2n) is 2.59. The topological polar surface area (TPSA) is 48.2 Å². The molecule has 4 nitrogen and oxygen atoms in total. The summed E-state index contributed by atoms with van der Waals surface area (Å²) in [6, 6.07) is 7.07. The summed E-state index contributed by atoms with van der Waals surface area (Å²) in [7, 11) is 0. The van der Waals surface area contributed by atoms with E-state index in [1.54, 1.807) is 24.3 Å². The minimum absolute atomic E-state index is 0.290. The van der Waals surface area contributed by atoms with E-state index in [1.807, 2.05) is 0 Å². The van der Waals surface area contributed by atoms with Crippen molar-refractivity contribution < 1.29 is 9.26 Å². The molecule has 1 aromatic heterocycles. The van der Waals surface area contributed by atoms with Gasteiger partial charge in [0.1, 0.15) is 5.75 Å². The molecule has 0 atom stereocenters. The Morgan fingerprint density at radius 2 is 2.07 bits per heavy atom. The van der Waals surface area contributed by atoms with Crippen LogP contribution in [0, 0.1) is 0 Å². The maximum absolute atomic E-state index is 5.72. The van der Waals surface area contributed by atoms with Crippen molar-refractivity contribution >= 4 is 11.6 Å². The fourth-order valence-corrected chi connectivity index (χ4v) is 1.06. The van der Waals surface area contributed by atoms with Crippen LogP contribution < -0.4 is 4.74 Å². The van der Waals surface area contributed by atoms with E-state index in [0.717, 1.165) is 5.75 Å². The Morgan fingerprint density at radius 1 is 1.29 bits per heavy atom. The van der Waals surface area contributed by atoms with Crippen molar-refractivity contribution in [1.29, 1.82) is 0 Å². The molecule has 14 heavy (non-hydrogen) atoms. The third-order valence-electron chi connectivity index (χ3n) is 1.59. The third kappa shape index (κ3) is 2.23. The van der Waals surface area contributed by atoms with Gasteiger partial charge in [0, 0.05) is 5.02 Å². The molecule has 0 bridgehead atoms. The van der Waals surface area contributed by atoms with Gasteiger partial charge in [0.2, 0.25) is 12.2 Å². The Balaban J connectivity index is 1.95.